The number of anilines is 1. The van der Waals surface area contributed by atoms with Gasteiger partial charge in [0.1, 0.15) is 18.1 Å². The summed E-state index contributed by atoms with van der Waals surface area (Å²) in [6.45, 7) is 0.700. The fourth-order valence-electron chi connectivity index (χ4n) is 3.20. The van der Waals surface area contributed by atoms with Crippen molar-refractivity contribution in [1.29, 1.82) is 0 Å². The monoisotopic (exact) mass is 404 g/mol. The van der Waals surface area contributed by atoms with Gasteiger partial charge >= 0.3 is 0 Å². The van der Waals surface area contributed by atoms with Crippen molar-refractivity contribution in [3.8, 4) is 5.75 Å². The van der Waals surface area contributed by atoms with Crippen molar-refractivity contribution in [3.63, 3.8) is 0 Å². The molecule has 0 spiro atoms. The molecule has 0 radical (unpaired) electrons. The molecule has 154 valence electrons. The molecule has 4 rings (SSSR count). The summed E-state index contributed by atoms with van der Waals surface area (Å²) in [5, 5.41) is 10.1. The Morgan fingerprint density at radius 2 is 1.80 bits per heavy atom. The second-order valence-corrected chi connectivity index (χ2v) is 7.27. The van der Waals surface area contributed by atoms with Crippen LogP contribution in [0.5, 0.6) is 5.75 Å². The lowest BCUT2D eigenvalue weighted by Crippen LogP contribution is -2.29. The topological polar surface area (TPSA) is 85.2 Å². The van der Waals surface area contributed by atoms with E-state index < -0.39 is 0 Å². The zero-order chi connectivity index (χ0) is 20.9. The molecule has 30 heavy (non-hydrogen) atoms. The molecule has 7 heteroatoms. The Morgan fingerprint density at radius 3 is 2.57 bits per heavy atom. The second-order valence-electron chi connectivity index (χ2n) is 7.27. The lowest BCUT2D eigenvalue weighted by atomic mass is 10.1. The Morgan fingerprint density at radius 1 is 1.07 bits per heavy atom. The third kappa shape index (κ3) is 4.68. The van der Waals surface area contributed by atoms with Gasteiger partial charge in [-0.1, -0.05) is 30.3 Å². The minimum atomic E-state index is -0.287. The molecular formula is C23H24N4O3. The molecule has 1 aromatic heterocycles. The first-order valence-corrected chi connectivity index (χ1v) is 10.0. The number of ether oxygens (including phenoxy) is 1. The molecule has 2 aromatic carbocycles. The molecule has 0 aliphatic heterocycles. The maximum Gasteiger partial charge on any atom is 0.273 e. The van der Waals surface area contributed by atoms with Crippen LogP contribution in [0.4, 0.5) is 5.69 Å². The zero-order valence-electron chi connectivity index (χ0n) is 16.8. The SMILES string of the molecule is Cn1nc(C2CC2)cc1C(=O)Nc1ccccc1C(=O)NCCOc1ccccc1. The minimum Gasteiger partial charge on any atom is -0.492 e. The van der Waals surface area contributed by atoms with Gasteiger partial charge in [0, 0.05) is 13.0 Å². The molecule has 7 nitrogen and oxygen atoms in total. The fourth-order valence-corrected chi connectivity index (χ4v) is 3.20. The molecule has 3 aromatic rings. The molecule has 0 bridgehead atoms. The maximum atomic E-state index is 12.8. The van der Waals surface area contributed by atoms with Crippen LogP contribution < -0.4 is 15.4 Å². The van der Waals surface area contributed by atoms with Gasteiger partial charge in [0.15, 0.2) is 0 Å². The van der Waals surface area contributed by atoms with Gasteiger partial charge in [0.25, 0.3) is 11.8 Å². The van der Waals surface area contributed by atoms with Crippen LogP contribution in [0.2, 0.25) is 0 Å². The highest BCUT2D eigenvalue weighted by atomic mass is 16.5. The zero-order valence-corrected chi connectivity index (χ0v) is 16.8. The molecule has 0 atom stereocenters. The van der Waals surface area contributed by atoms with Crippen molar-refractivity contribution >= 4 is 17.5 Å². The molecular weight excluding hydrogens is 380 g/mol. The predicted octanol–water partition coefficient (Wildman–Crippen LogP) is 3.36. The molecule has 0 saturated heterocycles. The van der Waals surface area contributed by atoms with E-state index in [0.29, 0.717) is 36.0 Å². The van der Waals surface area contributed by atoms with Crippen LogP contribution in [-0.4, -0.2) is 34.7 Å². The Hall–Kier alpha value is -3.61. The van der Waals surface area contributed by atoms with Crippen molar-refractivity contribution in [2.45, 2.75) is 18.8 Å². The van der Waals surface area contributed by atoms with Crippen LogP contribution in [0.15, 0.2) is 60.7 Å². The second kappa shape index (κ2) is 8.82. The van der Waals surface area contributed by atoms with Gasteiger partial charge in [-0.05, 0) is 43.2 Å². The fraction of sp³-hybridized carbons (Fsp3) is 0.261. The highest BCUT2D eigenvalue weighted by Gasteiger charge is 2.28. The molecule has 1 saturated carbocycles. The van der Waals surface area contributed by atoms with Crippen molar-refractivity contribution in [3.05, 3.63) is 77.6 Å². The number of hydrogen-bond acceptors (Lipinski definition) is 4. The summed E-state index contributed by atoms with van der Waals surface area (Å²) in [6.07, 6.45) is 2.24. The van der Waals surface area contributed by atoms with E-state index in [4.69, 9.17) is 4.74 Å². The van der Waals surface area contributed by atoms with E-state index in [0.717, 1.165) is 24.3 Å². The molecule has 2 amide bonds. The number of carbonyl (C=O) groups is 2. The van der Waals surface area contributed by atoms with Gasteiger partial charge in [-0.25, -0.2) is 0 Å². The molecule has 1 aliphatic carbocycles. The van der Waals surface area contributed by atoms with E-state index in [-0.39, 0.29) is 11.8 Å². The third-order valence-corrected chi connectivity index (χ3v) is 4.95. The Kier molecular flexibility index (Phi) is 5.79. The number of amides is 2. The first kappa shape index (κ1) is 19.7. The number of carbonyl (C=O) groups excluding carboxylic acids is 2. The third-order valence-electron chi connectivity index (χ3n) is 4.95. The summed E-state index contributed by atoms with van der Waals surface area (Å²) in [6, 6.07) is 18.2. The van der Waals surface area contributed by atoms with Crippen molar-refractivity contribution in [2.24, 2.45) is 7.05 Å². The number of hydrogen-bond donors (Lipinski definition) is 2. The first-order valence-electron chi connectivity index (χ1n) is 10.0. The molecule has 2 N–H and O–H groups in total. The molecule has 1 heterocycles. The lowest BCUT2D eigenvalue weighted by Gasteiger charge is -2.12. The van der Waals surface area contributed by atoms with E-state index in [1.54, 1.807) is 36.0 Å². The maximum absolute atomic E-state index is 12.8. The summed E-state index contributed by atoms with van der Waals surface area (Å²) < 4.78 is 7.18. The highest BCUT2D eigenvalue weighted by Crippen LogP contribution is 2.39. The van der Waals surface area contributed by atoms with Gasteiger partial charge in [-0.15, -0.1) is 0 Å². The van der Waals surface area contributed by atoms with E-state index in [1.807, 2.05) is 36.4 Å². The van der Waals surface area contributed by atoms with Crippen LogP contribution in [0.3, 0.4) is 0 Å². The minimum absolute atomic E-state index is 0.272. The van der Waals surface area contributed by atoms with Crippen LogP contribution in [0, 0.1) is 0 Å². The average Bonchev–Trinajstić information content (AvgIpc) is 3.54. The van der Waals surface area contributed by atoms with Crippen molar-refractivity contribution in [1.82, 2.24) is 15.1 Å². The molecule has 1 aliphatic rings. The summed E-state index contributed by atoms with van der Waals surface area (Å²) in [7, 11) is 1.76. The molecule has 1 fully saturated rings. The first-order chi connectivity index (χ1) is 14.6. The van der Waals surface area contributed by atoms with Crippen LogP contribution >= 0.6 is 0 Å². The van der Waals surface area contributed by atoms with Crippen LogP contribution in [0.25, 0.3) is 0 Å². The summed E-state index contributed by atoms with van der Waals surface area (Å²) >= 11 is 0. The van der Waals surface area contributed by atoms with Gasteiger partial charge < -0.3 is 15.4 Å². The summed E-state index contributed by atoms with van der Waals surface area (Å²) in [4.78, 5) is 25.4. The number of rotatable bonds is 8. The Labute approximate surface area is 175 Å². The quantitative estimate of drug-likeness (QED) is 0.564. The van der Waals surface area contributed by atoms with Crippen molar-refractivity contribution in [2.75, 3.05) is 18.5 Å². The van der Waals surface area contributed by atoms with Gasteiger partial charge in [0.2, 0.25) is 0 Å². The highest BCUT2D eigenvalue weighted by molar-refractivity contribution is 6.08. The smallest absolute Gasteiger partial charge is 0.273 e. The van der Waals surface area contributed by atoms with E-state index in [9.17, 15) is 9.59 Å². The van der Waals surface area contributed by atoms with Crippen LogP contribution in [-0.2, 0) is 7.05 Å². The lowest BCUT2D eigenvalue weighted by molar-refractivity contribution is 0.0948. The van der Waals surface area contributed by atoms with Gasteiger partial charge in [0.05, 0.1) is 23.5 Å². The van der Waals surface area contributed by atoms with E-state index in [1.165, 1.54) is 0 Å². The number of nitrogens with one attached hydrogen (secondary N) is 2. The standard InChI is InChI=1S/C23H24N4O3/c1-27-21(15-20(26-27)16-11-12-16)23(29)25-19-10-6-5-9-18(19)22(28)24-13-14-30-17-7-3-2-4-8-17/h2-10,15-16H,11-14H2,1H3,(H,24,28)(H,25,29). The number of para-hydroxylation sites is 2. The number of aryl methyl sites for hydroxylation is 1. The largest absolute Gasteiger partial charge is 0.492 e. The van der Waals surface area contributed by atoms with E-state index >= 15 is 0 Å². The summed E-state index contributed by atoms with van der Waals surface area (Å²) in [5.74, 6) is 0.658. The van der Waals surface area contributed by atoms with Gasteiger partial charge in [-0.2, -0.15) is 5.10 Å². The van der Waals surface area contributed by atoms with Gasteiger partial charge in [-0.3, -0.25) is 14.3 Å². The number of aromatic nitrogens is 2. The Bertz CT molecular complexity index is 1040. The number of nitrogens with zero attached hydrogens (tertiary/aromatic N) is 2. The molecule has 0 unspecified atom stereocenters. The van der Waals surface area contributed by atoms with E-state index in [2.05, 4.69) is 15.7 Å². The van der Waals surface area contributed by atoms with Crippen molar-refractivity contribution < 1.29 is 14.3 Å². The average molecular weight is 404 g/mol. The van der Waals surface area contributed by atoms with Crippen LogP contribution in [0.1, 0.15) is 45.3 Å². The predicted molar refractivity (Wildman–Crippen MR) is 114 cm³/mol. The number of benzene rings is 2. The Balaban J connectivity index is 1.37. The normalized spacial score (nSPS) is 13.0. The summed E-state index contributed by atoms with van der Waals surface area (Å²) in [5.41, 5.74) is 2.28.